The molecule has 1 N–H and O–H groups in total. The molecule has 6 heteroatoms. The number of aliphatic carboxylic acids is 1. The van der Waals surface area contributed by atoms with Crippen LogP contribution in [0.25, 0.3) is 15.9 Å². The molecule has 0 spiro atoms. The van der Waals surface area contributed by atoms with Gasteiger partial charge in [0.25, 0.3) is 0 Å². The lowest BCUT2D eigenvalue weighted by Crippen LogP contribution is -2.11. The van der Waals surface area contributed by atoms with Crippen molar-refractivity contribution in [1.82, 2.24) is 9.55 Å². The van der Waals surface area contributed by atoms with E-state index in [0.717, 1.165) is 0 Å². The van der Waals surface area contributed by atoms with Crippen LogP contribution in [-0.2, 0) is 17.8 Å². The predicted octanol–water partition coefficient (Wildman–Crippen LogP) is 2.89. The van der Waals surface area contributed by atoms with E-state index in [9.17, 15) is 4.79 Å². The summed E-state index contributed by atoms with van der Waals surface area (Å²) in [6.07, 6.45) is 0.603. The fraction of sp³-hybridized carbons (Fsp3) is 0.250. The summed E-state index contributed by atoms with van der Waals surface area (Å²) in [5, 5.41) is 9.18. The van der Waals surface area contributed by atoms with Crippen molar-refractivity contribution in [3.05, 3.63) is 34.4 Å². The molecule has 0 radical (unpaired) electrons. The normalized spacial score (nSPS) is 10.5. The van der Waals surface area contributed by atoms with Crippen molar-refractivity contribution < 1.29 is 9.90 Å². The summed E-state index contributed by atoms with van der Waals surface area (Å²) in [5.74, 6) is -0.286. The summed E-state index contributed by atoms with van der Waals surface area (Å²) >= 11 is 6.08. The van der Waals surface area contributed by atoms with Crippen LogP contribution in [0.15, 0.2) is 12.1 Å². The molecule has 0 aliphatic carbocycles. The smallest absolute Gasteiger partial charge is 0.323 e. The molecule has 0 aliphatic rings. The molecule has 0 saturated heterocycles. The van der Waals surface area contributed by atoms with Crippen molar-refractivity contribution in [3.8, 4) is 0 Å². The second-order valence-electron chi connectivity index (χ2n) is 3.74. The Labute approximate surface area is 108 Å². The Kier molecular flexibility index (Phi) is 3.21. The molecule has 1 heterocycles. The van der Waals surface area contributed by atoms with Crippen LogP contribution in [-0.4, -0.2) is 20.6 Å². The minimum Gasteiger partial charge on any atom is -0.480 e. The summed E-state index contributed by atoms with van der Waals surface area (Å²) in [6.45, 7) is 8.72. The van der Waals surface area contributed by atoms with Crippen molar-refractivity contribution in [2.45, 2.75) is 19.9 Å². The highest BCUT2D eigenvalue weighted by Crippen LogP contribution is 2.33. The molecule has 2 aromatic rings. The van der Waals surface area contributed by atoms with Gasteiger partial charge in [-0.1, -0.05) is 24.6 Å². The van der Waals surface area contributed by atoms with Crippen LogP contribution in [0, 0.1) is 6.57 Å². The Bertz CT molecular complexity index is 670. The number of carboxylic acid groups (broad SMARTS) is 1. The van der Waals surface area contributed by atoms with Crippen LogP contribution in [0.4, 0.5) is 5.69 Å². The molecule has 1 aromatic carbocycles. The van der Waals surface area contributed by atoms with Crippen LogP contribution in [0.2, 0.25) is 5.02 Å². The number of aryl methyl sites for hydroxylation is 1. The van der Waals surface area contributed by atoms with Gasteiger partial charge in [0.2, 0.25) is 5.69 Å². The second-order valence-corrected chi connectivity index (χ2v) is 4.12. The van der Waals surface area contributed by atoms with Gasteiger partial charge in [-0.15, -0.1) is 0 Å². The fourth-order valence-electron chi connectivity index (χ4n) is 1.86. The van der Waals surface area contributed by atoms with Crippen LogP contribution in [0.1, 0.15) is 12.7 Å². The summed E-state index contributed by atoms with van der Waals surface area (Å²) in [4.78, 5) is 18.5. The van der Waals surface area contributed by atoms with Gasteiger partial charge >= 0.3 is 5.97 Å². The van der Waals surface area contributed by atoms with E-state index in [1.165, 1.54) is 0 Å². The van der Waals surface area contributed by atoms with E-state index in [1.807, 2.05) is 6.92 Å². The molecule has 2 rings (SSSR count). The highest BCUT2D eigenvalue weighted by Gasteiger charge is 2.15. The van der Waals surface area contributed by atoms with Gasteiger partial charge in [0.05, 0.1) is 22.6 Å². The predicted molar refractivity (Wildman–Crippen MR) is 68.0 cm³/mol. The first-order valence-corrected chi connectivity index (χ1v) is 5.73. The summed E-state index contributed by atoms with van der Waals surface area (Å²) in [6, 6.07) is 3.26. The summed E-state index contributed by atoms with van der Waals surface area (Å²) in [5.41, 5.74) is 1.46. The van der Waals surface area contributed by atoms with Crippen molar-refractivity contribution in [1.29, 1.82) is 0 Å². The van der Waals surface area contributed by atoms with E-state index < -0.39 is 5.97 Å². The standard InChI is InChI=1S/C12H10ClN3O2/c1-3-9-15-12-8(16(9)6-10(17)18)5-4-7(14-2)11(12)13/h4-5H,3,6H2,1H3,(H,17,18). The molecule has 0 saturated carbocycles. The molecular weight excluding hydrogens is 254 g/mol. The molecule has 0 aliphatic heterocycles. The molecule has 5 nitrogen and oxygen atoms in total. The van der Waals surface area contributed by atoms with E-state index in [2.05, 4.69) is 9.83 Å². The minimum atomic E-state index is -0.936. The van der Waals surface area contributed by atoms with E-state index >= 15 is 0 Å². The van der Waals surface area contributed by atoms with E-state index in [4.69, 9.17) is 23.3 Å². The van der Waals surface area contributed by atoms with Crippen LogP contribution in [0.5, 0.6) is 0 Å². The number of rotatable bonds is 3. The quantitative estimate of drug-likeness (QED) is 0.866. The number of imidazole rings is 1. The van der Waals surface area contributed by atoms with Gasteiger partial charge in [0.1, 0.15) is 12.4 Å². The van der Waals surface area contributed by atoms with E-state index in [0.29, 0.717) is 29.0 Å². The molecule has 0 amide bonds. The maximum absolute atomic E-state index is 10.9. The van der Waals surface area contributed by atoms with Gasteiger partial charge in [-0.25, -0.2) is 9.83 Å². The monoisotopic (exact) mass is 263 g/mol. The molecule has 1 aromatic heterocycles. The Balaban J connectivity index is 2.74. The average Bonchev–Trinajstić information content (AvgIpc) is 2.68. The topological polar surface area (TPSA) is 59.5 Å². The number of halogens is 1. The number of fused-ring (bicyclic) bond motifs is 1. The zero-order valence-electron chi connectivity index (χ0n) is 9.64. The zero-order chi connectivity index (χ0) is 13.3. The maximum atomic E-state index is 10.9. The number of aromatic nitrogens is 2. The molecular formula is C12H10ClN3O2. The summed E-state index contributed by atoms with van der Waals surface area (Å²) < 4.78 is 1.61. The Morgan fingerprint density at radius 3 is 2.89 bits per heavy atom. The fourth-order valence-corrected chi connectivity index (χ4v) is 2.11. The van der Waals surface area contributed by atoms with Crippen molar-refractivity contribution in [2.75, 3.05) is 0 Å². The summed E-state index contributed by atoms with van der Waals surface area (Å²) in [7, 11) is 0. The van der Waals surface area contributed by atoms with Crippen molar-refractivity contribution in [3.63, 3.8) is 0 Å². The third kappa shape index (κ3) is 1.91. The lowest BCUT2D eigenvalue weighted by atomic mass is 10.2. The molecule has 0 bridgehead atoms. The minimum absolute atomic E-state index is 0.159. The van der Waals surface area contributed by atoms with Crippen molar-refractivity contribution in [2.24, 2.45) is 0 Å². The van der Waals surface area contributed by atoms with Gasteiger partial charge in [-0.05, 0) is 6.07 Å². The Morgan fingerprint density at radius 2 is 2.33 bits per heavy atom. The number of nitrogens with zero attached hydrogens (tertiary/aromatic N) is 3. The van der Waals surface area contributed by atoms with Gasteiger partial charge in [-0.2, -0.15) is 0 Å². The molecule has 0 unspecified atom stereocenters. The van der Waals surface area contributed by atoms with Crippen molar-refractivity contribution >= 4 is 34.3 Å². The Morgan fingerprint density at radius 1 is 1.61 bits per heavy atom. The van der Waals surface area contributed by atoms with Gasteiger partial charge in [0.15, 0.2) is 0 Å². The lowest BCUT2D eigenvalue weighted by Gasteiger charge is -2.04. The van der Waals surface area contributed by atoms with Gasteiger partial charge in [0, 0.05) is 6.42 Å². The molecule has 0 atom stereocenters. The number of hydrogen-bond donors (Lipinski definition) is 1. The van der Waals surface area contributed by atoms with Crippen LogP contribution in [0.3, 0.4) is 0 Å². The molecule has 0 fully saturated rings. The SMILES string of the molecule is [C-]#[N+]c1ccc2c(nc(CC)n2CC(=O)O)c1Cl. The lowest BCUT2D eigenvalue weighted by molar-refractivity contribution is -0.137. The average molecular weight is 264 g/mol. The van der Waals surface area contributed by atoms with Crippen LogP contribution < -0.4 is 0 Å². The molecule has 92 valence electrons. The first-order chi connectivity index (χ1) is 8.58. The second kappa shape index (κ2) is 4.67. The van der Waals surface area contributed by atoms with Gasteiger partial charge < -0.3 is 9.67 Å². The third-order valence-electron chi connectivity index (χ3n) is 2.65. The highest BCUT2D eigenvalue weighted by molar-refractivity contribution is 6.37. The third-order valence-corrected chi connectivity index (χ3v) is 3.02. The van der Waals surface area contributed by atoms with E-state index in [1.54, 1.807) is 16.7 Å². The number of carboxylic acids is 1. The maximum Gasteiger partial charge on any atom is 0.323 e. The van der Waals surface area contributed by atoms with Gasteiger partial charge in [-0.3, -0.25) is 4.79 Å². The number of carbonyl (C=O) groups is 1. The van der Waals surface area contributed by atoms with Crippen LogP contribution >= 0.6 is 11.6 Å². The largest absolute Gasteiger partial charge is 0.480 e. The molecule has 18 heavy (non-hydrogen) atoms. The highest BCUT2D eigenvalue weighted by atomic mass is 35.5. The number of hydrogen-bond acceptors (Lipinski definition) is 2. The first-order valence-electron chi connectivity index (χ1n) is 5.35. The Hall–Kier alpha value is -2.06. The first kappa shape index (κ1) is 12.4. The zero-order valence-corrected chi connectivity index (χ0v) is 10.4. The van der Waals surface area contributed by atoms with E-state index in [-0.39, 0.29) is 11.6 Å². The number of benzene rings is 1.